The Morgan fingerprint density at radius 3 is 2.73 bits per heavy atom. The van der Waals surface area contributed by atoms with Crippen LogP contribution in [-0.4, -0.2) is 12.0 Å². The maximum atomic E-state index is 10.7. The molecule has 1 fully saturated rings. The van der Waals surface area contributed by atoms with Crippen molar-refractivity contribution in [2.24, 2.45) is 0 Å². The second-order valence-corrected chi connectivity index (χ2v) is 2.90. The molecule has 1 N–H and O–H groups in total. The van der Waals surface area contributed by atoms with Gasteiger partial charge in [-0.25, -0.2) is 5.48 Å². The number of rotatable bonds is 3. The highest BCUT2D eigenvalue weighted by Crippen LogP contribution is 2.19. The van der Waals surface area contributed by atoms with Crippen LogP contribution in [0.25, 0.3) is 0 Å². The molecule has 0 bridgehead atoms. The Hall–Kier alpha value is -0.570. The van der Waals surface area contributed by atoms with Gasteiger partial charge in [-0.3, -0.25) is 9.63 Å². The fraction of sp³-hybridized carbons (Fsp3) is 0.875. The summed E-state index contributed by atoms with van der Waals surface area (Å²) < 4.78 is 0. The third kappa shape index (κ3) is 2.89. The Morgan fingerprint density at radius 1 is 1.55 bits per heavy atom. The summed E-state index contributed by atoms with van der Waals surface area (Å²) in [6, 6.07) is 0. The molecule has 64 valence electrons. The van der Waals surface area contributed by atoms with Gasteiger partial charge >= 0.3 is 0 Å². The van der Waals surface area contributed by atoms with Crippen LogP contribution in [0, 0.1) is 0 Å². The lowest BCUT2D eigenvalue weighted by Gasteiger charge is -2.09. The van der Waals surface area contributed by atoms with E-state index in [2.05, 4.69) is 5.48 Å². The monoisotopic (exact) mass is 157 g/mol. The lowest BCUT2D eigenvalue weighted by Crippen LogP contribution is -2.27. The first-order valence-corrected chi connectivity index (χ1v) is 4.27. The maximum absolute atomic E-state index is 10.7. The Kier molecular flexibility index (Phi) is 3.36. The largest absolute Gasteiger partial charge is 0.273 e. The average Bonchev–Trinajstić information content (AvgIpc) is 2.52. The van der Waals surface area contributed by atoms with Crippen LogP contribution in [0.15, 0.2) is 0 Å². The molecule has 1 aliphatic rings. The van der Waals surface area contributed by atoms with Gasteiger partial charge in [0.1, 0.15) is 0 Å². The molecule has 0 aromatic heterocycles. The summed E-state index contributed by atoms with van der Waals surface area (Å²) in [4.78, 5) is 15.9. The van der Waals surface area contributed by atoms with Crippen molar-refractivity contribution in [3.05, 3.63) is 0 Å². The van der Waals surface area contributed by atoms with Gasteiger partial charge < -0.3 is 0 Å². The fourth-order valence-corrected chi connectivity index (χ4v) is 1.23. The quantitative estimate of drug-likeness (QED) is 0.629. The van der Waals surface area contributed by atoms with Crippen molar-refractivity contribution in [1.82, 2.24) is 5.48 Å². The molecular formula is C8H15NO2. The fourth-order valence-electron chi connectivity index (χ4n) is 1.23. The average molecular weight is 157 g/mol. The van der Waals surface area contributed by atoms with Gasteiger partial charge in [0.15, 0.2) is 0 Å². The lowest BCUT2D eigenvalue weighted by molar-refractivity contribution is -0.137. The highest BCUT2D eigenvalue weighted by atomic mass is 16.7. The zero-order valence-electron chi connectivity index (χ0n) is 6.93. The van der Waals surface area contributed by atoms with Crippen molar-refractivity contribution in [1.29, 1.82) is 0 Å². The van der Waals surface area contributed by atoms with E-state index < -0.39 is 0 Å². The minimum absolute atomic E-state index is 0.0306. The third-order valence-corrected chi connectivity index (χ3v) is 1.96. The Morgan fingerprint density at radius 2 is 2.18 bits per heavy atom. The molecule has 1 saturated carbocycles. The van der Waals surface area contributed by atoms with Crippen molar-refractivity contribution >= 4 is 5.91 Å². The molecule has 11 heavy (non-hydrogen) atoms. The Bertz CT molecular complexity index is 130. The molecular weight excluding hydrogens is 142 g/mol. The number of nitrogens with one attached hydrogen (secondary N) is 1. The summed E-state index contributed by atoms with van der Waals surface area (Å²) in [5.41, 5.74) is 2.44. The predicted molar refractivity (Wildman–Crippen MR) is 41.8 cm³/mol. The van der Waals surface area contributed by atoms with E-state index in [0.29, 0.717) is 6.42 Å². The molecule has 3 nitrogen and oxygen atoms in total. The molecule has 0 aromatic rings. The van der Waals surface area contributed by atoms with E-state index in [1.54, 1.807) is 0 Å². The van der Waals surface area contributed by atoms with E-state index in [0.717, 1.165) is 12.8 Å². The van der Waals surface area contributed by atoms with E-state index in [1.165, 1.54) is 12.8 Å². The molecule has 0 aromatic carbocycles. The molecule has 0 heterocycles. The molecule has 0 aliphatic heterocycles. The van der Waals surface area contributed by atoms with Crippen LogP contribution in [0.2, 0.25) is 0 Å². The SMILES string of the molecule is CCC(=O)NOC1CCCC1. The van der Waals surface area contributed by atoms with E-state index >= 15 is 0 Å². The van der Waals surface area contributed by atoms with Gasteiger partial charge in [0.05, 0.1) is 6.10 Å². The highest BCUT2D eigenvalue weighted by molar-refractivity contribution is 5.74. The van der Waals surface area contributed by atoms with E-state index in [4.69, 9.17) is 4.84 Å². The Labute approximate surface area is 67.1 Å². The summed E-state index contributed by atoms with van der Waals surface area (Å²) in [6.45, 7) is 1.81. The Balaban J connectivity index is 2.06. The van der Waals surface area contributed by atoms with Gasteiger partial charge in [-0.1, -0.05) is 19.8 Å². The molecule has 1 aliphatic carbocycles. The van der Waals surface area contributed by atoms with E-state index in [9.17, 15) is 4.79 Å². The van der Waals surface area contributed by atoms with Gasteiger partial charge in [0.2, 0.25) is 5.91 Å². The zero-order chi connectivity index (χ0) is 8.10. The lowest BCUT2D eigenvalue weighted by atomic mass is 10.3. The van der Waals surface area contributed by atoms with Crippen LogP contribution >= 0.6 is 0 Å². The first kappa shape index (κ1) is 8.53. The normalized spacial score (nSPS) is 18.6. The summed E-state index contributed by atoms with van der Waals surface area (Å²) >= 11 is 0. The smallest absolute Gasteiger partial charge is 0.243 e. The number of carbonyl (C=O) groups is 1. The number of hydrogen-bond acceptors (Lipinski definition) is 2. The number of carbonyl (C=O) groups excluding carboxylic acids is 1. The number of hydroxylamine groups is 1. The topological polar surface area (TPSA) is 38.3 Å². The van der Waals surface area contributed by atoms with Crippen molar-refractivity contribution in [3.8, 4) is 0 Å². The molecule has 1 rings (SSSR count). The second-order valence-electron chi connectivity index (χ2n) is 2.90. The first-order valence-electron chi connectivity index (χ1n) is 4.27. The van der Waals surface area contributed by atoms with Crippen LogP contribution in [0.4, 0.5) is 0 Å². The summed E-state index contributed by atoms with van der Waals surface area (Å²) in [7, 11) is 0. The van der Waals surface area contributed by atoms with Crippen molar-refractivity contribution < 1.29 is 9.63 Å². The van der Waals surface area contributed by atoms with Crippen molar-refractivity contribution in [2.45, 2.75) is 45.1 Å². The van der Waals surface area contributed by atoms with Gasteiger partial charge in [0, 0.05) is 6.42 Å². The summed E-state index contributed by atoms with van der Waals surface area (Å²) in [5, 5.41) is 0. The van der Waals surface area contributed by atoms with Crippen LogP contribution in [-0.2, 0) is 9.63 Å². The molecule has 3 heteroatoms. The van der Waals surface area contributed by atoms with Crippen molar-refractivity contribution in [2.75, 3.05) is 0 Å². The minimum Gasteiger partial charge on any atom is -0.273 e. The summed E-state index contributed by atoms with van der Waals surface area (Å²) in [5.74, 6) is -0.0306. The van der Waals surface area contributed by atoms with Crippen LogP contribution in [0.3, 0.4) is 0 Å². The van der Waals surface area contributed by atoms with Gasteiger partial charge in [-0.2, -0.15) is 0 Å². The zero-order valence-corrected chi connectivity index (χ0v) is 6.93. The van der Waals surface area contributed by atoms with Gasteiger partial charge in [-0.15, -0.1) is 0 Å². The van der Waals surface area contributed by atoms with E-state index in [1.807, 2.05) is 6.92 Å². The molecule has 0 atom stereocenters. The summed E-state index contributed by atoms with van der Waals surface area (Å²) in [6.07, 6.45) is 5.39. The van der Waals surface area contributed by atoms with Crippen LogP contribution < -0.4 is 5.48 Å². The minimum atomic E-state index is -0.0306. The van der Waals surface area contributed by atoms with Gasteiger partial charge in [0.25, 0.3) is 0 Å². The first-order chi connectivity index (χ1) is 5.33. The number of amides is 1. The van der Waals surface area contributed by atoms with Crippen LogP contribution in [0.5, 0.6) is 0 Å². The second kappa shape index (κ2) is 4.34. The van der Waals surface area contributed by atoms with Gasteiger partial charge in [-0.05, 0) is 12.8 Å². The number of hydrogen-bond donors (Lipinski definition) is 1. The molecule has 1 amide bonds. The molecule has 0 radical (unpaired) electrons. The standard InChI is InChI=1S/C8H15NO2/c1-2-8(10)9-11-7-5-3-4-6-7/h7H,2-6H2,1H3,(H,9,10). The molecule has 0 unspecified atom stereocenters. The maximum Gasteiger partial charge on any atom is 0.243 e. The third-order valence-electron chi connectivity index (χ3n) is 1.96. The van der Waals surface area contributed by atoms with Crippen molar-refractivity contribution in [3.63, 3.8) is 0 Å². The highest BCUT2D eigenvalue weighted by Gasteiger charge is 2.16. The van der Waals surface area contributed by atoms with E-state index in [-0.39, 0.29) is 12.0 Å². The predicted octanol–water partition coefficient (Wildman–Crippen LogP) is 1.39. The van der Waals surface area contributed by atoms with Crippen LogP contribution in [0.1, 0.15) is 39.0 Å². The molecule has 0 spiro atoms. The molecule has 0 saturated heterocycles.